The fourth-order valence-corrected chi connectivity index (χ4v) is 3.49. The molecule has 1 N–H and O–H groups in total. The van der Waals surface area contributed by atoms with Gasteiger partial charge in [-0.3, -0.25) is 9.78 Å². The molecule has 1 heterocycles. The Hall–Kier alpha value is -3.18. The molecule has 0 spiro atoms. The van der Waals surface area contributed by atoms with Gasteiger partial charge in [-0.05, 0) is 31.6 Å². The average Bonchev–Trinajstić information content (AvgIpc) is 2.73. The normalized spacial score (nSPS) is 12.0. The van der Waals surface area contributed by atoms with Crippen LogP contribution in [0.2, 0.25) is 0 Å². The Balaban J connectivity index is 1.83. The number of aromatic nitrogens is 2. The molecular formula is C25H30N4O. The quantitative estimate of drug-likeness (QED) is 0.527. The number of aromatic amines is 1. The highest BCUT2D eigenvalue weighted by Gasteiger charge is 2.19. The summed E-state index contributed by atoms with van der Waals surface area (Å²) >= 11 is 0. The molecule has 2 aromatic carbocycles. The van der Waals surface area contributed by atoms with Crippen LogP contribution in [0.25, 0.3) is 0 Å². The number of H-pyrrole nitrogens is 1. The van der Waals surface area contributed by atoms with Crippen LogP contribution < -0.4 is 10.5 Å². The van der Waals surface area contributed by atoms with Gasteiger partial charge in [0, 0.05) is 31.6 Å². The summed E-state index contributed by atoms with van der Waals surface area (Å²) in [5.74, 6) is 0.591. The second-order valence-electron chi connectivity index (χ2n) is 7.72. The molecule has 0 saturated heterocycles. The van der Waals surface area contributed by atoms with Crippen molar-refractivity contribution in [2.45, 2.75) is 18.9 Å². The van der Waals surface area contributed by atoms with Crippen molar-refractivity contribution in [1.29, 1.82) is 0 Å². The van der Waals surface area contributed by atoms with E-state index in [1.165, 1.54) is 5.56 Å². The summed E-state index contributed by atoms with van der Waals surface area (Å²) in [6.07, 6.45) is 3.38. The monoisotopic (exact) mass is 402 g/mol. The summed E-state index contributed by atoms with van der Waals surface area (Å²) in [5.41, 5.74) is 3.05. The largest absolute Gasteiger partial charge is 0.337 e. The third-order valence-corrected chi connectivity index (χ3v) is 5.13. The van der Waals surface area contributed by atoms with E-state index in [0.29, 0.717) is 18.9 Å². The highest BCUT2D eigenvalue weighted by molar-refractivity contribution is 5.34. The van der Waals surface area contributed by atoms with Crippen LogP contribution in [0.3, 0.4) is 0 Å². The second-order valence-corrected chi connectivity index (χ2v) is 7.72. The van der Waals surface area contributed by atoms with Crippen molar-refractivity contribution in [3.63, 3.8) is 0 Å². The molecule has 30 heavy (non-hydrogen) atoms. The van der Waals surface area contributed by atoms with Crippen molar-refractivity contribution < 1.29 is 0 Å². The molecule has 0 radical (unpaired) electrons. The standard InChI is InChI=1S/C25H30N4O/c1-4-15-29(19-23(28(2)3)17-21-13-9-6-10-14-21)25-26-22(18-24(30)27-25)16-20-11-7-5-8-12-20/h4-14,18,23H,1,15-17,19H2,2-3H3,(H,26,27,30)/t23-/m1/s1. The van der Waals surface area contributed by atoms with E-state index in [1.807, 2.05) is 42.5 Å². The minimum atomic E-state index is -0.135. The zero-order valence-corrected chi connectivity index (χ0v) is 17.8. The third-order valence-electron chi connectivity index (χ3n) is 5.13. The highest BCUT2D eigenvalue weighted by Crippen LogP contribution is 2.14. The molecule has 0 unspecified atom stereocenters. The number of benzene rings is 2. The Kier molecular flexibility index (Phi) is 7.57. The molecule has 3 rings (SSSR count). The van der Waals surface area contributed by atoms with E-state index < -0.39 is 0 Å². The SMILES string of the molecule is C=CCN(C[C@@H](Cc1ccccc1)N(C)C)c1nc(Cc2ccccc2)cc(=O)[nH]1. The Morgan fingerprint density at radius 1 is 1.03 bits per heavy atom. The van der Waals surface area contributed by atoms with E-state index >= 15 is 0 Å². The van der Waals surface area contributed by atoms with E-state index in [1.54, 1.807) is 6.07 Å². The van der Waals surface area contributed by atoms with E-state index in [9.17, 15) is 4.79 Å². The minimum Gasteiger partial charge on any atom is -0.337 e. The first-order valence-corrected chi connectivity index (χ1v) is 10.3. The van der Waals surface area contributed by atoms with Gasteiger partial charge < -0.3 is 9.80 Å². The van der Waals surface area contributed by atoms with Gasteiger partial charge in [-0.2, -0.15) is 0 Å². The number of hydrogen-bond acceptors (Lipinski definition) is 4. The highest BCUT2D eigenvalue weighted by atomic mass is 16.1. The Morgan fingerprint density at radius 2 is 1.67 bits per heavy atom. The van der Waals surface area contributed by atoms with Crippen LogP contribution in [-0.2, 0) is 12.8 Å². The van der Waals surface area contributed by atoms with Gasteiger partial charge in [-0.25, -0.2) is 4.98 Å². The lowest BCUT2D eigenvalue weighted by atomic mass is 10.0. The van der Waals surface area contributed by atoms with Crippen molar-refractivity contribution in [2.75, 3.05) is 32.1 Å². The zero-order valence-electron chi connectivity index (χ0n) is 17.8. The summed E-state index contributed by atoms with van der Waals surface area (Å²) in [7, 11) is 4.17. The van der Waals surface area contributed by atoms with E-state index in [0.717, 1.165) is 24.2 Å². The summed E-state index contributed by atoms with van der Waals surface area (Å²) < 4.78 is 0. The van der Waals surface area contributed by atoms with Crippen molar-refractivity contribution in [2.24, 2.45) is 0 Å². The van der Waals surface area contributed by atoms with Gasteiger partial charge >= 0.3 is 0 Å². The summed E-state index contributed by atoms with van der Waals surface area (Å²) in [6.45, 7) is 5.24. The molecule has 0 aliphatic heterocycles. The molecular weight excluding hydrogens is 372 g/mol. The molecule has 5 heteroatoms. The molecule has 0 amide bonds. The lowest BCUT2D eigenvalue weighted by Gasteiger charge is -2.31. The van der Waals surface area contributed by atoms with Crippen molar-refractivity contribution >= 4 is 5.95 Å². The van der Waals surface area contributed by atoms with Crippen LogP contribution in [0, 0.1) is 0 Å². The van der Waals surface area contributed by atoms with Gasteiger partial charge in [0.25, 0.3) is 5.56 Å². The van der Waals surface area contributed by atoms with Gasteiger partial charge in [0.2, 0.25) is 5.95 Å². The lowest BCUT2D eigenvalue weighted by molar-refractivity contribution is 0.293. The fourth-order valence-electron chi connectivity index (χ4n) is 3.49. The Labute approximate surface area is 178 Å². The molecule has 0 aliphatic rings. The van der Waals surface area contributed by atoms with Crippen LogP contribution in [0.15, 0.2) is 84.2 Å². The summed E-state index contributed by atoms with van der Waals surface area (Å²) in [4.78, 5) is 24.4. The summed E-state index contributed by atoms with van der Waals surface area (Å²) in [5, 5.41) is 0. The lowest BCUT2D eigenvalue weighted by Crippen LogP contribution is -2.43. The van der Waals surface area contributed by atoms with Crippen LogP contribution >= 0.6 is 0 Å². The molecule has 0 bridgehead atoms. The number of rotatable bonds is 10. The fraction of sp³-hybridized carbons (Fsp3) is 0.280. The third kappa shape index (κ3) is 6.16. The number of nitrogens with one attached hydrogen (secondary N) is 1. The summed E-state index contributed by atoms with van der Waals surface area (Å²) in [6, 6.07) is 22.4. The first kappa shape index (κ1) is 21.5. The van der Waals surface area contributed by atoms with Gasteiger partial charge in [-0.15, -0.1) is 6.58 Å². The maximum Gasteiger partial charge on any atom is 0.252 e. The number of hydrogen-bond donors (Lipinski definition) is 1. The molecule has 3 aromatic rings. The predicted octanol–water partition coefficient (Wildman–Crippen LogP) is 3.53. The van der Waals surface area contributed by atoms with E-state index in [-0.39, 0.29) is 11.6 Å². The first-order valence-electron chi connectivity index (χ1n) is 10.3. The van der Waals surface area contributed by atoms with E-state index in [4.69, 9.17) is 4.98 Å². The minimum absolute atomic E-state index is 0.135. The maximum atomic E-state index is 12.4. The molecule has 5 nitrogen and oxygen atoms in total. The van der Waals surface area contributed by atoms with Crippen molar-refractivity contribution in [1.82, 2.24) is 14.9 Å². The van der Waals surface area contributed by atoms with Gasteiger partial charge in [-0.1, -0.05) is 66.7 Å². The van der Waals surface area contributed by atoms with E-state index in [2.05, 4.69) is 59.7 Å². The first-order chi connectivity index (χ1) is 14.5. The van der Waals surface area contributed by atoms with Crippen LogP contribution in [0.4, 0.5) is 5.95 Å². The van der Waals surface area contributed by atoms with Crippen molar-refractivity contribution in [3.8, 4) is 0 Å². The number of likely N-dealkylation sites (N-methyl/N-ethyl adjacent to an activating group) is 1. The van der Waals surface area contributed by atoms with Crippen LogP contribution in [-0.4, -0.2) is 48.1 Å². The molecule has 0 aliphatic carbocycles. The predicted molar refractivity (Wildman–Crippen MR) is 124 cm³/mol. The smallest absolute Gasteiger partial charge is 0.252 e. The molecule has 156 valence electrons. The maximum absolute atomic E-state index is 12.4. The van der Waals surface area contributed by atoms with Crippen molar-refractivity contribution in [3.05, 3.63) is 107 Å². The van der Waals surface area contributed by atoms with Crippen LogP contribution in [0.1, 0.15) is 16.8 Å². The van der Waals surface area contributed by atoms with Gasteiger partial charge in [0.05, 0.1) is 5.69 Å². The van der Waals surface area contributed by atoms with Gasteiger partial charge in [0.1, 0.15) is 0 Å². The molecule has 0 fully saturated rings. The molecule has 1 aromatic heterocycles. The number of nitrogens with zero attached hydrogens (tertiary/aromatic N) is 3. The topological polar surface area (TPSA) is 52.2 Å². The Bertz CT molecular complexity index is 983. The zero-order chi connectivity index (χ0) is 21.3. The van der Waals surface area contributed by atoms with Gasteiger partial charge in [0.15, 0.2) is 0 Å². The Morgan fingerprint density at radius 3 is 2.27 bits per heavy atom. The number of anilines is 1. The average molecular weight is 403 g/mol. The second kappa shape index (κ2) is 10.6. The van der Waals surface area contributed by atoms with Crippen LogP contribution in [0.5, 0.6) is 0 Å². The molecule has 0 saturated carbocycles. The molecule has 1 atom stereocenters.